The van der Waals surface area contributed by atoms with Gasteiger partial charge < -0.3 is 15.4 Å². The van der Waals surface area contributed by atoms with Crippen LogP contribution in [-0.4, -0.2) is 18.9 Å². The van der Waals surface area contributed by atoms with Crippen LogP contribution in [0.2, 0.25) is 0 Å². The van der Waals surface area contributed by atoms with E-state index in [1.54, 1.807) is 73.8 Å². The SMILES string of the molecule is COc1cccc(NC(=O)c2cccc(C(=O)Nc3ccc(C#N)cc3)c2)c1. The lowest BCUT2D eigenvalue weighted by Crippen LogP contribution is -2.15. The van der Waals surface area contributed by atoms with Gasteiger partial charge in [-0.15, -0.1) is 0 Å². The number of anilines is 2. The zero-order valence-electron chi connectivity index (χ0n) is 15.1. The molecule has 0 aliphatic heterocycles. The van der Waals surface area contributed by atoms with Crippen molar-refractivity contribution >= 4 is 23.2 Å². The Hall–Kier alpha value is -4.11. The molecule has 6 heteroatoms. The summed E-state index contributed by atoms with van der Waals surface area (Å²) in [6, 6.07) is 22.0. The van der Waals surface area contributed by atoms with Crippen LogP contribution in [0.3, 0.4) is 0 Å². The van der Waals surface area contributed by atoms with Crippen molar-refractivity contribution in [2.75, 3.05) is 17.7 Å². The van der Waals surface area contributed by atoms with Crippen LogP contribution in [0.25, 0.3) is 0 Å². The highest BCUT2D eigenvalue weighted by atomic mass is 16.5. The van der Waals surface area contributed by atoms with Gasteiger partial charge in [0, 0.05) is 28.6 Å². The molecular formula is C22H17N3O3. The number of benzene rings is 3. The zero-order valence-corrected chi connectivity index (χ0v) is 15.1. The van der Waals surface area contributed by atoms with Gasteiger partial charge in [0.15, 0.2) is 0 Å². The van der Waals surface area contributed by atoms with Crippen LogP contribution in [-0.2, 0) is 0 Å². The summed E-state index contributed by atoms with van der Waals surface area (Å²) in [7, 11) is 1.55. The fraction of sp³-hybridized carbons (Fsp3) is 0.0455. The summed E-state index contributed by atoms with van der Waals surface area (Å²) in [5, 5.41) is 14.3. The van der Waals surface area contributed by atoms with Crippen molar-refractivity contribution in [2.24, 2.45) is 0 Å². The maximum Gasteiger partial charge on any atom is 0.255 e. The van der Waals surface area contributed by atoms with Crippen LogP contribution < -0.4 is 15.4 Å². The van der Waals surface area contributed by atoms with E-state index in [9.17, 15) is 9.59 Å². The Morgan fingerprint density at radius 2 is 1.43 bits per heavy atom. The number of carbonyl (C=O) groups excluding carboxylic acids is 2. The van der Waals surface area contributed by atoms with Gasteiger partial charge in [0.1, 0.15) is 5.75 Å². The van der Waals surface area contributed by atoms with E-state index < -0.39 is 0 Å². The minimum Gasteiger partial charge on any atom is -0.497 e. The predicted molar refractivity (Wildman–Crippen MR) is 106 cm³/mol. The molecule has 0 atom stereocenters. The highest BCUT2D eigenvalue weighted by Gasteiger charge is 2.11. The molecule has 0 aliphatic carbocycles. The summed E-state index contributed by atoms with van der Waals surface area (Å²) in [4.78, 5) is 25.0. The van der Waals surface area contributed by atoms with Crippen LogP contribution >= 0.6 is 0 Å². The maximum absolute atomic E-state index is 12.5. The second-order valence-electron chi connectivity index (χ2n) is 5.91. The first-order valence-corrected chi connectivity index (χ1v) is 8.46. The molecule has 0 saturated carbocycles. The average molecular weight is 371 g/mol. The number of rotatable bonds is 5. The van der Waals surface area contributed by atoms with E-state index in [0.717, 1.165) is 0 Å². The minimum absolute atomic E-state index is 0.332. The van der Waals surface area contributed by atoms with Crippen LogP contribution in [0.4, 0.5) is 11.4 Å². The molecule has 0 aliphatic rings. The highest BCUT2D eigenvalue weighted by molar-refractivity contribution is 6.08. The third-order valence-electron chi connectivity index (χ3n) is 3.99. The molecule has 2 amide bonds. The molecule has 0 unspecified atom stereocenters. The first kappa shape index (κ1) is 18.7. The summed E-state index contributed by atoms with van der Waals surface area (Å²) in [5.41, 5.74) is 2.37. The largest absolute Gasteiger partial charge is 0.497 e. The summed E-state index contributed by atoms with van der Waals surface area (Å²) >= 11 is 0. The monoisotopic (exact) mass is 371 g/mol. The van der Waals surface area contributed by atoms with Gasteiger partial charge in [-0.05, 0) is 54.6 Å². The molecule has 0 saturated heterocycles. The van der Waals surface area contributed by atoms with Crippen LogP contribution in [0.5, 0.6) is 5.75 Å². The Morgan fingerprint density at radius 3 is 2.04 bits per heavy atom. The Bertz CT molecular complexity index is 1050. The molecule has 3 aromatic carbocycles. The first-order valence-electron chi connectivity index (χ1n) is 8.46. The van der Waals surface area contributed by atoms with Gasteiger partial charge >= 0.3 is 0 Å². The van der Waals surface area contributed by atoms with Crippen LogP contribution in [0.1, 0.15) is 26.3 Å². The molecule has 0 fully saturated rings. The molecule has 0 bridgehead atoms. The Morgan fingerprint density at radius 1 is 0.821 bits per heavy atom. The predicted octanol–water partition coefficient (Wildman–Crippen LogP) is 4.07. The summed E-state index contributed by atoms with van der Waals surface area (Å²) in [6.45, 7) is 0. The lowest BCUT2D eigenvalue weighted by molar-refractivity contribution is 0.102. The zero-order chi connectivity index (χ0) is 19.9. The molecule has 0 radical (unpaired) electrons. The van der Waals surface area contributed by atoms with Crippen LogP contribution in [0.15, 0.2) is 72.8 Å². The van der Waals surface area contributed by atoms with Crippen molar-refractivity contribution in [3.63, 3.8) is 0 Å². The molecule has 0 spiro atoms. The molecule has 28 heavy (non-hydrogen) atoms. The van der Waals surface area contributed by atoms with Gasteiger partial charge in [-0.25, -0.2) is 0 Å². The summed E-state index contributed by atoms with van der Waals surface area (Å²) in [5.74, 6) is -0.0460. The molecule has 138 valence electrons. The smallest absolute Gasteiger partial charge is 0.255 e. The van der Waals surface area contributed by atoms with E-state index in [4.69, 9.17) is 10.00 Å². The van der Waals surface area contributed by atoms with E-state index in [2.05, 4.69) is 10.6 Å². The fourth-order valence-corrected chi connectivity index (χ4v) is 2.54. The number of carbonyl (C=O) groups is 2. The van der Waals surface area contributed by atoms with Gasteiger partial charge in [0.05, 0.1) is 18.7 Å². The van der Waals surface area contributed by atoms with Crippen molar-refractivity contribution in [3.8, 4) is 11.8 Å². The minimum atomic E-state index is -0.347. The Kier molecular flexibility index (Phi) is 5.68. The number of nitrogens with zero attached hydrogens (tertiary/aromatic N) is 1. The summed E-state index contributed by atoms with van der Waals surface area (Å²) < 4.78 is 5.14. The van der Waals surface area contributed by atoms with E-state index in [1.165, 1.54) is 6.07 Å². The van der Waals surface area contributed by atoms with Crippen molar-refractivity contribution in [2.45, 2.75) is 0 Å². The van der Waals surface area contributed by atoms with Crippen LogP contribution in [0, 0.1) is 11.3 Å². The molecular weight excluding hydrogens is 354 g/mol. The molecule has 2 N–H and O–H groups in total. The standard InChI is InChI=1S/C22H17N3O3/c1-28-20-7-3-6-19(13-20)25-22(27)17-5-2-4-16(12-17)21(26)24-18-10-8-15(14-23)9-11-18/h2-13H,1H3,(H,24,26)(H,25,27). The number of hydrogen-bond acceptors (Lipinski definition) is 4. The Labute approximate surface area is 162 Å². The number of nitrogens with one attached hydrogen (secondary N) is 2. The Balaban J connectivity index is 1.72. The fourth-order valence-electron chi connectivity index (χ4n) is 2.54. The molecule has 3 rings (SSSR count). The van der Waals surface area contributed by atoms with Gasteiger partial charge in [-0.3, -0.25) is 9.59 Å². The third-order valence-corrected chi connectivity index (χ3v) is 3.99. The van der Waals surface area contributed by atoms with Gasteiger partial charge in [-0.2, -0.15) is 5.26 Å². The van der Waals surface area contributed by atoms with E-state index in [0.29, 0.717) is 33.8 Å². The van der Waals surface area contributed by atoms with Gasteiger partial charge in [0.25, 0.3) is 11.8 Å². The normalized spacial score (nSPS) is 9.86. The highest BCUT2D eigenvalue weighted by Crippen LogP contribution is 2.18. The third kappa shape index (κ3) is 4.54. The maximum atomic E-state index is 12.5. The van der Waals surface area contributed by atoms with E-state index >= 15 is 0 Å². The topological polar surface area (TPSA) is 91.2 Å². The number of methoxy groups -OCH3 is 1. The molecule has 0 aromatic heterocycles. The van der Waals surface area contributed by atoms with E-state index in [1.807, 2.05) is 6.07 Å². The molecule has 3 aromatic rings. The number of amides is 2. The average Bonchev–Trinajstić information content (AvgIpc) is 2.74. The van der Waals surface area contributed by atoms with E-state index in [-0.39, 0.29) is 11.8 Å². The number of nitriles is 1. The molecule has 6 nitrogen and oxygen atoms in total. The second-order valence-corrected chi connectivity index (χ2v) is 5.91. The number of ether oxygens (including phenoxy) is 1. The number of hydrogen-bond donors (Lipinski definition) is 2. The lowest BCUT2D eigenvalue weighted by atomic mass is 10.1. The van der Waals surface area contributed by atoms with Crippen molar-refractivity contribution < 1.29 is 14.3 Å². The van der Waals surface area contributed by atoms with Crippen molar-refractivity contribution in [3.05, 3.63) is 89.5 Å². The summed E-state index contributed by atoms with van der Waals surface area (Å²) in [6.07, 6.45) is 0. The van der Waals surface area contributed by atoms with Crippen molar-refractivity contribution in [1.82, 2.24) is 0 Å². The lowest BCUT2D eigenvalue weighted by Gasteiger charge is -2.09. The first-order chi connectivity index (χ1) is 13.6. The quantitative estimate of drug-likeness (QED) is 0.707. The van der Waals surface area contributed by atoms with Crippen molar-refractivity contribution in [1.29, 1.82) is 5.26 Å². The van der Waals surface area contributed by atoms with Gasteiger partial charge in [0.2, 0.25) is 0 Å². The second kappa shape index (κ2) is 8.52. The molecule has 0 heterocycles. The van der Waals surface area contributed by atoms with Gasteiger partial charge in [-0.1, -0.05) is 12.1 Å².